The number of carbonyl (C=O) groups is 1. The van der Waals surface area contributed by atoms with Crippen LogP contribution in [-0.2, 0) is 19.0 Å². The van der Waals surface area contributed by atoms with Crippen LogP contribution in [0.25, 0.3) is 0 Å². The van der Waals surface area contributed by atoms with Crippen molar-refractivity contribution < 1.29 is 19.0 Å². The van der Waals surface area contributed by atoms with Gasteiger partial charge < -0.3 is 14.2 Å². The summed E-state index contributed by atoms with van der Waals surface area (Å²) in [6.45, 7) is 2.60. The van der Waals surface area contributed by atoms with E-state index in [0.717, 1.165) is 19.3 Å². The summed E-state index contributed by atoms with van der Waals surface area (Å²) in [7, 11) is 0. The summed E-state index contributed by atoms with van der Waals surface area (Å²) < 4.78 is 16.5. The molecule has 2 heterocycles. The Morgan fingerprint density at radius 1 is 1.47 bits per heavy atom. The lowest BCUT2D eigenvalue weighted by Crippen LogP contribution is -2.52. The molecule has 1 saturated heterocycles. The fourth-order valence-electron chi connectivity index (χ4n) is 2.03. The van der Waals surface area contributed by atoms with E-state index in [1.54, 1.807) is 0 Å². The fourth-order valence-corrected chi connectivity index (χ4v) is 2.03. The molecule has 2 atom stereocenters. The molecule has 1 unspecified atom stereocenters. The quantitative estimate of drug-likeness (QED) is 0.487. The molecule has 0 N–H and O–H groups in total. The van der Waals surface area contributed by atoms with Crippen LogP contribution in [0.3, 0.4) is 0 Å². The Bertz CT molecular complexity index is 266. The summed E-state index contributed by atoms with van der Waals surface area (Å²) in [5.41, 5.74) is 0. The van der Waals surface area contributed by atoms with Crippen LogP contribution in [0, 0.1) is 0 Å². The van der Waals surface area contributed by atoms with Gasteiger partial charge in [-0.15, -0.1) is 0 Å². The number of hydrogen-bond donors (Lipinski definition) is 0. The van der Waals surface area contributed by atoms with E-state index in [2.05, 4.69) is 0 Å². The van der Waals surface area contributed by atoms with E-state index in [1.807, 2.05) is 12.2 Å². The molecule has 0 bridgehead atoms. The second-order valence-electron chi connectivity index (χ2n) is 3.89. The molecule has 0 aromatic carbocycles. The molecular formula is C11H16O4. The molecule has 2 rings (SSSR count). The SMILES string of the molecule is CC(=O)OC1C=CCO[C@@]12CCCCO2. The Balaban J connectivity index is 2.12. The third-order valence-electron chi connectivity index (χ3n) is 2.73. The van der Waals surface area contributed by atoms with E-state index in [-0.39, 0.29) is 5.97 Å². The van der Waals surface area contributed by atoms with E-state index in [1.165, 1.54) is 6.92 Å². The fraction of sp³-hybridized carbons (Fsp3) is 0.727. The molecule has 2 aliphatic heterocycles. The molecule has 0 aromatic heterocycles. The number of esters is 1. The standard InChI is InChI=1S/C11H16O4/c1-9(12)15-10-5-4-8-14-11(10)6-2-3-7-13-11/h4-5,10H,2-3,6-8H2,1H3/t10?,11-/m0/s1. The molecule has 0 radical (unpaired) electrons. The lowest BCUT2D eigenvalue weighted by atomic mass is 9.97. The van der Waals surface area contributed by atoms with Gasteiger partial charge in [0, 0.05) is 13.3 Å². The van der Waals surface area contributed by atoms with Crippen LogP contribution in [0.2, 0.25) is 0 Å². The van der Waals surface area contributed by atoms with Crippen molar-refractivity contribution in [3.63, 3.8) is 0 Å². The van der Waals surface area contributed by atoms with Gasteiger partial charge in [0.15, 0.2) is 6.10 Å². The highest BCUT2D eigenvalue weighted by Gasteiger charge is 2.44. The zero-order chi connectivity index (χ0) is 10.7. The average molecular weight is 212 g/mol. The van der Waals surface area contributed by atoms with Gasteiger partial charge in [0.05, 0.1) is 13.2 Å². The second-order valence-corrected chi connectivity index (χ2v) is 3.89. The number of rotatable bonds is 1. The molecule has 1 spiro atoms. The van der Waals surface area contributed by atoms with Crippen LogP contribution in [0.15, 0.2) is 12.2 Å². The van der Waals surface area contributed by atoms with E-state index < -0.39 is 11.9 Å². The largest absolute Gasteiger partial charge is 0.453 e. The van der Waals surface area contributed by atoms with Gasteiger partial charge in [0.25, 0.3) is 0 Å². The van der Waals surface area contributed by atoms with Crippen molar-refractivity contribution in [3.8, 4) is 0 Å². The zero-order valence-corrected chi connectivity index (χ0v) is 8.90. The Hall–Kier alpha value is -0.870. The van der Waals surface area contributed by atoms with Crippen molar-refractivity contribution in [2.24, 2.45) is 0 Å². The number of hydrogen-bond acceptors (Lipinski definition) is 4. The van der Waals surface area contributed by atoms with E-state index in [0.29, 0.717) is 13.2 Å². The molecule has 4 heteroatoms. The summed E-state index contributed by atoms with van der Waals surface area (Å²) in [4.78, 5) is 11.0. The van der Waals surface area contributed by atoms with Crippen LogP contribution >= 0.6 is 0 Å². The van der Waals surface area contributed by atoms with Crippen LogP contribution in [0.1, 0.15) is 26.2 Å². The van der Waals surface area contributed by atoms with E-state index in [9.17, 15) is 4.79 Å². The molecule has 4 nitrogen and oxygen atoms in total. The molecule has 84 valence electrons. The molecule has 15 heavy (non-hydrogen) atoms. The highest BCUT2D eigenvalue weighted by atomic mass is 16.7. The Morgan fingerprint density at radius 3 is 3.00 bits per heavy atom. The molecular weight excluding hydrogens is 196 g/mol. The van der Waals surface area contributed by atoms with Crippen molar-refractivity contribution >= 4 is 5.97 Å². The summed E-state index contributed by atoms with van der Waals surface area (Å²) in [5.74, 6) is -1.03. The molecule has 0 amide bonds. The first kappa shape index (κ1) is 10.6. The maximum Gasteiger partial charge on any atom is 0.303 e. The lowest BCUT2D eigenvalue weighted by molar-refractivity contribution is -0.292. The monoisotopic (exact) mass is 212 g/mol. The predicted octanol–water partition coefficient (Wildman–Crippen LogP) is 1.40. The minimum absolute atomic E-state index is 0.302. The van der Waals surface area contributed by atoms with E-state index in [4.69, 9.17) is 14.2 Å². The second kappa shape index (κ2) is 4.33. The maximum absolute atomic E-state index is 11.0. The minimum Gasteiger partial charge on any atom is -0.453 e. The third-order valence-corrected chi connectivity index (χ3v) is 2.73. The third kappa shape index (κ3) is 2.21. The van der Waals surface area contributed by atoms with Crippen molar-refractivity contribution in [2.45, 2.75) is 38.1 Å². The van der Waals surface area contributed by atoms with Crippen molar-refractivity contribution in [3.05, 3.63) is 12.2 Å². The van der Waals surface area contributed by atoms with Gasteiger partial charge in [-0.25, -0.2) is 0 Å². The molecule has 2 aliphatic rings. The van der Waals surface area contributed by atoms with Crippen molar-refractivity contribution in [1.29, 1.82) is 0 Å². The average Bonchev–Trinajstić information content (AvgIpc) is 2.23. The van der Waals surface area contributed by atoms with Gasteiger partial charge in [0.1, 0.15) is 0 Å². The number of ether oxygens (including phenoxy) is 3. The lowest BCUT2D eigenvalue weighted by Gasteiger charge is -2.42. The topological polar surface area (TPSA) is 44.8 Å². The normalized spacial score (nSPS) is 35.4. The molecule has 1 fully saturated rings. The van der Waals surface area contributed by atoms with Gasteiger partial charge in [-0.1, -0.05) is 6.08 Å². The first-order valence-electron chi connectivity index (χ1n) is 5.35. The van der Waals surface area contributed by atoms with Crippen LogP contribution < -0.4 is 0 Å². The predicted molar refractivity (Wildman–Crippen MR) is 53.2 cm³/mol. The summed E-state index contributed by atoms with van der Waals surface area (Å²) in [6.07, 6.45) is 6.19. The first-order valence-corrected chi connectivity index (χ1v) is 5.35. The van der Waals surface area contributed by atoms with Gasteiger partial charge in [-0.2, -0.15) is 0 Å². The highest BCUT2D eigenvalue weighted by molar-refractivity contribution is 5.66. The number of carbonyl (C=O) groups excluding carboxylic acids is 1. The van der Waals surface area contributed by atoms with Crippen molar-refractivity contribution in [2.75, 3.05) is 13.2 Å². The van der Waals surface area contributed by atoms with Crippen LogP contribution in [-0.4, -0.2) is 31.1 Å². The smallest absolute Gasteiger partial charge is 0.303 e. The maximum atomic E-state index is 11.0. The van der Waals surface area contributed by atoms with Crippen LogP contribution in [0.4, 0.5) is 0 Å². The van der Waals surface area contributed by atoms with Gasteiger partial charge in [0.2, 0.25) is 5.79 Å². The molecule has 0 aliphatic carbocycles. The molecule has 0 aromatic rings. The molecule has 0 saturated carbocycles. The highest BCUT2D eigenvalue weighted by Crippen LogP contribution is 2.34. The minimum atomic E-state index is -0.724. The van der Waals surface area contributed by atoms with Crippen molar-refractivity contribution in [1.82, 2.24) is 0 Å². The van der Waals surface area contributed by atoms with Gasteiger partial charge >= 0.3 is 5.97 Å². The van der Waals surface area contributed by atoms with Gasteiger partial charge in [-0.05, 0) is 18.9 Å². The summed E-state index contributed by atoms with van der Waals surface area (Å²) in [6, 6.07) is 0. The van der Waals surface area contributed by atoms with Crippen LogP contribution in [0.5, 0.6) is 0 Å². The Kier molecular flexibility index (Phi) is 3.07. The van der Waals surface area contributed by atoms with E-state index >= 15 is 0 Å². The zero-order valence-electron chi connectivity index (χ0n) is 8.90. The Labute approximate surface area is 89.2 Å². The first-order chi connectivity index (χ1) is 7.23. The van der Waals surface area contributed by atoms with Gasteiger partial charge in [-0.3, -0.25) is 4.79 Å². The summed E-state index contributed by atoms with van der Waals surface area (Å²) in [5, 5.41) is 0. The Morgan fingerprint density at radius 2 is 2.33 bits per heavy atom. The summed E-state index contributed by atoms with van der Waals surface area (Å²) >= 11 is 0.